The molecule has 0 amide bonds. The standard InChI is InChI=1S/C15H16N2O/c1-15(2,17)10-18-14-8-7-11(9-16)12-5-3-4-6-13(12)14/h3-8H,10,17H2,1-2H3. The summed E-state index contributed by atoms with van der Waals surface area (Å²) in [6.07, 6.45) is 0. The number of rotatable bonds is 3. The first-order valence-electron chi connectivity index (χ1n) is 5.85. The van der Waals surface area contributed by atoms with Gasteiger partial charge in [-0.1, -0.05) is 24.3 Å². The van der Waals surface area contributed by atoms with Crippen molar-refractivity contribution < 1.29 is 4.74 Å². The summed E-state index contributed by atoms with van der Waals surface area (Å²) in [7, 11) is 0. The SMILES string of the molecule is CC(C)(N)COc1ccc(C#N)c2ccccc12. The van der Waals surface area contributed by atoms with E-state index in [0.717, 1.165) is 16.5 Å². The highest BCUT2D eigenvalue weighted by atomic mass is 16.5. The summed E-state index contributed by atoms with van der Waals surface area (Å²) in [5.74, 6) is 0.767. The Morgan fingerprint density at radius 1 is 1.17 bits per heavy atom. The van der Waals surface area contributed by atoms with Crippen molar-refractivity contribution in [1.29, 1.82) is 5.26 Å². The summed E-state index contributed by atoms with van der Waals surface area (Å²) >= 11 is 0. The first-order chi connectivity index (χ1) is 8.51. The molecule has 0 unspecified atom stereocenters. The number of hydrogen-bond acceptors (Lipinski definition) is 3. The second-order valence-corrected chi connectivity index (χ2v) is 5.05. The van der Waals surface area contributed by atoms with Crippen LogP contribution in [0.1, 0.15) is 19.4 Å². The van der Waals surface area contributed by atoms with E-state index in [1.54, 1.807) is 6.07 Å². The van der Waals surface area contributed by atoms with Gasteiger partial charge in [0.2, 0.25) is 0 Å². The van der Waals surface area contributed by atoms with Crippen LogP contribution in [0.15, 0.2) is 36.4 Å². The van der Waals surface area contributed by atoms with Gasteiger partial charge in [-0.3, -0.25) is 0 Å². The van der Waals surface area contributed by atoms with E-state index in [1.165, 1.54) is 0 Å². The molecule has 0 aromatic heterocycles. The average molecular weight is 240 g/mol. The number of benzene rings is 2. The van der Waals surface area contributed by atoms with Crippen LogP contribution in [0.5, 0.6) is 5.75 Å². The van der Waals surface area contributed by atoms with Crippen LogP contribution >= 0.6 is 0 Å². The van der Waals surface area contributed by atoms with Gasteiger partial charge in [0, 0.05) is 16.3 Å². The van der Waals surface area contributed by atoms with Gasteiger partial charge in [0.05, 0.1) is 11.6 Å². The maximum Gasteiger partial charge on any atom is 0.127 e. The molecule has 2 N–H and O–H groups in total. The van der Waals surface area contributed by atoms with E-state index in [-0.39, 0.29) is 5.54 Å². The van der Waals surface area contributed by atoms with Gasteiger partial charge < -0.3 is 10.5 Å². The Bertz CT molecular complexity index is 606. The largest absolute Gasteiger partial charge is 0.491 e. The predicted molar refractivity (Wildman–Crippen MR) is 72.4 cm³/mol. The molecular formula is C15H16N2O. The lowest BCUT2D eigenvalue weighted by Gasteiger charge is -2.20. The first kappa shape index (κ1) is 12.4. The topological polar surface area (TPSA) is 59.0 Å². The smallest absolute Gasteiger partial charge is 0.127 e. The van der Waals surface area contributed by atoms with Gasteiger partial charge in [-0.25, -0.2) is 0 Å². The van der Waals surface area contributed by atoms with E-state index in [0.29, 0.717) is 12.2 Å². The van der Waals surface area contributed by atoms with Crippen molar-refractivity contribution in [3.8, 4) is 11.8 Å². The lowest BCUT2D eigenvalue weighted by atomic mass is 10.0. The van der Waals surface area contributed by atoms with Crippen LogP contribution in [0.2, 0.25) is 0 Å². The van der Waals surface area contributed by atoms with Gasteiger partial charge in [-0.2, -0.15) is 5.26 Å². The number of hydrogen-bond donors (Lipinski definition) is 1. The van der Waals surface area contributed by atoms with Crippen molar-refractivity contribution in [2.45, 2.75) is 19.4 Å². The van der Waals surface area contributed by atoms with E-state index in [9.17, 15) is 0 Å². The molecule has 0 radical (unpaired) electrons. The fourth-order valence-corrected chi connectivity index (χ4v) is 1.76. The highest BCUT2D eigenvalue weighted by Gasteiger charge is 2.13. The molecular weight excluding hydrogens is 224 g/mol. The maximum atomic E-state index is 9.07. The molecule has 0 saturated heterocycles. The summed E-state index contributed by atoms with van der Waals surface area (Å²) in [5.41, 5.74) is 6.18. The molecule has 0 saturated carbocycles. The molecule has 0 aliphatic rings. The summed E-state index contributed by atoms with van der Waals surface area (Å²) in [5, 5.41) is 10.9. The van der Waals surface area contributed by atoms with Gasteiger partial charge in [-0.05, 0) is 26.0 Å². The molecule has 0 heterocycles. The Morgan fingerprint density at radius 3 is 2.44 bits per heavy atom. The maximum absolute atomic E-state index is 9.07. The number of fused-ring (bicyclic) bond motifs is 1. The Balaban J connectivity index is 2.44. The molecule has 2 aromatic carbocycles. The third-order valence-corrected chi connectivity index (χ3v) is 2.60. The molecule has 3 heteroatoms. The van der Waals surface area contributed by atoms with Gasteiger partial charge >= 0.3 is 0 Å². The van der Waals surface area contributed by atoms with E-state index in [1.807, 2.05) is 44.2 Å². The Labute approximate surface area is 107 Å². The Kier molecular flexibility index (Phi) is 3.22. The van der Waals surface area contributed by atoms with Crippen LogP contribution in [0.25, 0.3) is 10.8 Å². The van der Waals surface area contributed by atoms with Crippen molar-refractivity contribution in [1.82, 2.24) is 0 Å². The molecule has 2 aromatic rings. The Morgan fingerprint density at radius 2 is 1.83 bits per heavy atom. The molecule has 0 aliphatic heterocycles. The number of nitrogens with two attached hydrogens (primary N) is 1. The van der Waals surface area contributed by atoms with Crippen LogP contribution in [-0.2, 0) is 0 Å². The van der Waals surface area contributed by atoms with Crippen LogP contribution in [0.4, 0.5) is 0 Å². The van der Waals surface area contributed by atoms with Crippen LogP contribution in [0, 0.1) is 11.3 Å². The zero-order chi connectivity index (χ0) is 13.2. The van der Waals surface area contributed by atoms with Crippen LogP contribution < -0.4 is 10.5 Å². The van der Waals surface area contributed by atoms with Crippen molar-refractivity contribution in [3.05, 3.63) is 42.0 Å². The number of nitrogens with zero attached hydrogens (tertiary/aromatic N) is 1. The van der Waals surface area contributed by atoms with Crippen LogP contribution in [0.3, 0.4) is 0 Å². The van der Waals surface area contributed by atoms with Gasteiger partial charge in [0.25, 0.3) is 0 Å². The molecule has 0 aliphatic carbocycles. The van der Waals surface area contributed by atoms with Gasteiger partial charge in [-0.15, -0.1) is 0 Å². The van der Waals surface area contributed by atoms with E-state index in [2.05, 4.69) is 6.07 Å². The fraction of sp³-hybridized carbons (Fsp3) is 0.267. The Hall–Kier alpha value is -2.05. The molecule has 18 heavy (non-hydrogen) atoms. The normalized spacial score (nSPS) is 11.2. The lowest BCUT2D eigenvalue weighted by molar-refractivity contribution is 0.246. The monoisotopic (exact) mass is 240 g/mol. The summed E-state index contributed by atoms with van der Waals surface area (Å²) in [6, 6.07) is 13.5. The molecule has 0 spiro atoms. The minimum absolute atomic E-state index is 0.380. The van der Waals surface area contributed by atoms with Gasteiger partial charge in [0.15, 0.2) is 0 Å². The summed E-state index contributed by atoms with van der Waals surface area (Å²) in [6.45, 7) is 4.26. The zero-order valence-electron chi connectivity index (χ0n) is 10.6. The molecule has 92 valence electrons. The van der Waals surface area contributed by atoms with Crippen molar-refractivity contribution in [3.63, 3.8) is 0 Å². The van der Waals surface area contributed by atoms with E-state index < -0.39 is 0 Å². The highest BCUT2D eigenvalue weighted by Crippen LogP contribution is 2.28. The van der Waals surface area contributed by atoms with E-state index >= 15 is 0 Å². The second-order valence-electron chi connectivity index (χ2n) is 5.05. The lowest BCUT2D eigenvalue weighted by Crippen LogP contribution is -2.38. The highest BCUT2D eigenvalue weighted by molar-refractivity contribution is 5.92. The fourth-order valence-electron chi connectivity index (χ4n) is 1.76. The minimum atomic E-state index is -0.380. The predicted octanol–water partition coefficient (Wildman–Crippen LogP) is 2.83. The molecule has 0 bridgehead atoms. The molecule has 3 nitrogen and oxygen atoms in total. The van der Waals surface area contributed by atoms with Crippen LogP contribution in [-0.4, -0.2) is 12.1 Å². The van der Waals surface area contributed by atoms with Crippen molar-refractivity contribution in [2.24, 2.45) is 5.73 Å². The summed E-state index contributed by atoms with van der Waals surface area (Å²) < 4.78 is 5.75. The quantitative estimate of drug-likeness (QED) is 0.897. The third kappa shape index (κ3) is 2.61. The summed E-state index contributed by atoms with van der Waals surface area (Å²) in [4.78, 5) is 0. The minimum Gasteiger partial charge on any atom is -0.491 e. The second kappa shape index (κ2) is 4.67. The van der Waals surface area contributed by atoms with Crippen molar-refractivity contribution in [2.75, 3.05) is 6.61 Å². The molecule has 0 fully saturated rings. The number of nitriles is 1. The van der Waals surface area contributed by atoms with Gasteiger partial charge in [0.1, 0.15) is 12.4 Å². The average Bonchev–Trinajstić information content (AvgIpc) is 2.35. The van der Waals surface area contributed by atoms with Crippen molar-refractivity contribution >= 4 is 10.8 Å². The number of ether oxygens (including phenoxy) is 1. The zero-order valence-corrected chi connectivity index (χ0v) is 10.6. The molecule has 0 atom stereocenters. The molecule has 2 rings (SSSR count). The third-order valence-electron chi connectivity index (χ3n) is 2.60. The first-order valence-corrected chi connectivity index (χ1v) is 5.85. The van der Waals surface area contributed by atoms with E-state index in [4.69, 9.17) is 15.7 Å².